The second kappa shape index (κ2) is 8.24. The number of amides is 1. The van der Waals surface area contributed by atoms with Crippen LogP contribution in [0.25, 0.3) is 11.3 Å². The molecule has 2 aromatic rings. The third-order valence-corrected chi connectivity index (χ3v) is 6.08. The van der Waals surface area contributed by atoms with E-state index in [4.69, 9.17) is 5.73 Å². The van der Waals surface area contributed by atoms with E-state index in [-0.39, 0.29) is 11.9 Å². The number of piperidine rings is 1. The highest BCUT2D eigenvalue weighted by molar-refractivity contribution is 5.99. The smallest absolute Gasteiger partial charge is 0.257 e. The number of rotatable bonds is 4. The van der Waals surface area contributed by atoms with Gasteiger partial charge in [0.1, 0.15) is 0 Å². The van der Waals surface area contributed by atoms with E-state index in [1.54, 1.807) is 6.20 Å². The third kappa shape index (κ3) is 3.72. The maximum Gasteiger partial charge on any atom is 0.257 e. The van der Waals surface area contributed by atoms with Gasteiger partial charge in [-0.1, -0.05) is 43.7 Å². The molecule has 4 rings (SSSR count). The van der Waals surface area contributed by atoms with Gasteiger partial charge in [-0.2, -0.15) is 0 Å². The lowest BCUT2D eigenvalue weighted by atomic mass is 9.82. The van der Waals surface area contributed by atoms with Crippen LogP contribution in [0.3, 0.4) is 0 Å². The minimum atomic E-state index is -0.0122. The molecule has 2 atom stereocenters. The Balaban J connectivity index is 1.49. The standard InChI is InChI=1S/C21H28N6O/c1-2-14-12-24-26-18(14)16-8-10-27(11-9-16)20(28)17-13-23-21(22)25-19(17)15-6-4-3-5-7-15/h3-7,13-14,16,18,24,26H,2,8-12H2,1H3,(H2,22,23,25). The maximum atomic E-state index is 13.2. The second-order valence-electron chi connectivity index (χ2n) is 7.71. The summed E-state index contributed by atoms with van der Waals surface area (Å²) in [6, 6.07) is 10.2. The van der Waals surface area contributed by atoms with Crippen molar-refractivity contribution in [2.24, 2.45) is 11.8 Å². The van der Waals surface area contributed by atoms with Gasteiger partial charge in [-0.3, -0.25) is 15.6 Å². The van der Waals surface area contributed by atoms with Crippen molar-refractivity contribution in [2.45, 2.75) is 32.2 Å². The van der Waals surface area contributed by atoms with E-state index >= 15 is 0 Å². The lowest BCUT2D eigenvalue weighted by Gasteiger charge is -2.36. The summed E-state index contributed by atoms with van der Waals surface area (Å²) in [6.45, 7) is 4.80. The van der Waals surface area contributed by atoms with Crippen LogP contribution in [0.1, 0.15) is 36.5 Å². The Morgan fingerprint density at radius 3 is 2.71 bits per heavy atom. The molecule has 7 heteroatoms. The van der Waals surface area contributed by atoms with Crippen molar-refractivity contribution in [3.63, 3.8) is 0 Å². The summed E-state index contributed by atoms with van der Waals surface area (Å²) in [5, 5.41) is 0. The molecule has 2 aliphatic rings. The van der Waals surface area contributed by atoms with Crippen molar-refractivity contribution in [1.82, 2.24) is 25.7 Å². The van der Waals surface area contributed by atoms with Crippen LogP contribution < -0.4 is 16.6 Å². The first-order valence-electron chi connectivity index (χ1n) is 10.1. The van der Waals surface area contributed by atoms with Gasteiger partial charge in [-0.15, -0.1) is 0 Å². The van der Waals surface area contributed by atoms with Crippen LogP contribution >= 0.6 is 0 Å². The molecule has 0 spiro atoms. The van der Waals surface area contributed by atoms with Gasteiger partial charge in [-0.25, -0.2) is 9.97 Å². The zero-order valence-electron chi connectivity index (χ0n) is 16.3. The molecule has 1 aromatic carbocycles. The van der Waals surface area contributed by atoms with Gasteiger partial charge in [0, 0.05) is 37.4 Å². The summed E-state index contributed by atoms with van der Waals surface area (Å²) >= 11 is 0. The van der Waals surface area contributed by atoms with E-state index in [0.29, 0.717) is 29.1 Å². The number of aromatic nitrogens is 2. The number of carbonyl (C=O) groups excluding carboxylic acids is 1. The predicted octanol–water partition coefficient (Wildman–Crippen LogP) is 2.08. The van der Waals surface area contributed by atoms with Crippen LogP contribution in [0.4, 0.5) is 5.95 Å². The first-order valence-corrected chi connectivity index (χ1v) is 10.1. The van der Waals surface area contributed by atoms with Crippen molar-refractivity contribution in [2.75, 3.05) is 25.4 Å². The monoisotopic (exact) mass is 380 g/mol. The van der Waals surface area contributed by atoms with E-state index in [2.05, 4.69) is 27.7 Å². The maximum absolute atomic E-state index is 13.2. The molecule has 1 aromatic heterocycles. The molecule has 1 amide bonds. The van der Waals surface area contributed by atoms with Crippen LogP contribution in [-0.2, 0) is 0 Å². The summed E-state index contributed by atoms with van der Waals surface area (Å²) in [7, 11) is 0. The Morgan fingerprint density at radius 2 is 2.00 bits per heavy atom. The lowest BCUT2D eigenvalue weighted by Crippen LogP contribution is -2.46. The molecule has 0 bridgehead atoms. The molecule has 28 heavy (non-hydrogen) atoms. The van der Waals surface area contributed by atoms with Crippen LogP contribution in [0.15, 0.2) is 36.5 Å². The summed E-state index contributed by atoms with van der Waals surface area (Å²) in [4.78, 5) is 23.6. The Hall–Kier alpha value is -2.51. The largest absolute Gasteiger partial charge is 0.368 e. The van der Waals surface area contributed by atoms with Crippen LogP contribution in [0, 0.1) is 11.8 Å². The number of nitrogens with one attached hydrogen (secondary N) is 2. The van der Waals surface area contributed by atoms with Gasteiger partial charge < -0.3 is 10.6 Å². The van der Waals surface area contributed by atoms with Gasteiger partial charge in [0.25, 0.3) is 5.91 Å². The number of benzene rings is 1. The first-order chi connectivity index (χ1) is 13.7. The zero-order chi connectivity index (χ0) is 19.5. The fraction of sp³-hybridized carbons (Fsp3) is 0.476. The third-order valence-electron chi connectivity index (χ3n) is 6.08. The van der Waals surface area contributed by atoms with Gasteiger partial charge in [-0.05, 0) is 24.7 Å². The molecule has 0 radical (unpaired) electrons. The highest BCUT2D eigenvalue weighted by atomic mass is 16.2. The number of hydrogen-bond donors (Lipinski definition) is 3. The van der Waals surface area contributed by atoms with E-state index in [1.165, 1.54) is 6.42 Å². The average Bonchev–Trinajstić information content (AvgIpc) is 3.23. The molecule has 7 nitrogen and oxygen atoms in total. The first kappa shape index (κ1) is 18.8. The molecule has 0 saturated carbocycles. The van der Waals surface area contributed by atoms with Crippen molar-refractivity contribution >= 4 is 11.9 Å². The van der Waals surface area contributed by atoms with E-state index in [0.717, 1.165) is 38.0 Å². The minimum absolute atomic E-state index is 0.0122. The summed E-state index contributed by atoms with van der Waals surface area (Å²) in [5.41, 5.74) is 14.6. The van der Waals surface area contributed by atoms with Crippen LogP contribution in [0.5, 0.6) is 0 Å². The quantitative estimate of drug-likeness (QED) is 0.752. The van der Waals surface area contributed by atoms with E-state index < -0.39 is 0 Å². The van der Waals surface area contributed by atoms with E-state index in [9.17, 15) is 4.79 Å². The Kier molecular flexibility index (Phi) is 5.54. The normalized spacial score (nSPS) is 23.1. The minimum Gasteiger partial charge on any atom is -0.368 e. The number of carbonyl (C=O) groups is 1. The fourth-order valence-corrected chi connectivity index (χ4v) is 4.45. The molecule has 2 fully saturated rings. The molecule has 2 saturated heterocycles. The summed E-state index contributed by atoms with van der Waals surface area (Å²) in [5.74, 6) is 1.43. The zero-order valence-corrected chi connectivity index (χ0v) is 16.3. The van der Waals surface area contributed by atoms with Crippen LogP contribution in [0.2, 0.25) is 0 Å². The molecule has 148 valence electrons. The van der Waals surface area contributed by atoms with Crippen molar-refractivity contribution < 1.29 is 4.79 Å². The van der Waals surface area contributed by atoms with Crippen LogP contribution in [-0.4, -0.2) is 46.5 Å². The molecular formula is C21H28N6O. The van der Waals surface area contributed by atoms with Gasteiger partial charge in [0.15, 0.2) is 0 Å². The summed E-state index contributed by atoms with van der Waals surface area (Å²) < 4.78 is 0. The number of nitrogens with two attached hydrogens (primary N) is 1. The predicted molar refractivity (Wildman–Crippen MR) is 109 cm³/mol. The van der Waals surface area contributed by atoms with Crippen molar-refractivity contribution in [1.29, 1.82) is 0 Å². The number of nitrogens with zero attached hydrogens (tertiary/aromatic N) is 3. The van der Waals surface area contributed by atoms with Gasteiger partial charge in [0.2, 0.25) is 5.95 Å². The fourth-order valence-electron chi connectivity index (χ4n) is 4.45. The number of hydrazine groups is 1. The molecule has 2 unspecified atom stereocenters. The number of hydrogen-bond acceptors (Lipinski definition) is 6. The average molecular weight is 380 g/mol. The Labute approximate surface area is 165 Å². The molecule has 4 N–H and O–H groups in total. The van der Waals surface area contributed by atoms with Gasteiger partial charge in [0.05, 0.1) is 11.3 Å². The SMILES string of the molecule is CCC1CNNC1C1CCN(C(=O)c2cnc(N)nc2-c2ccccc2)CC1. The summed E-state index contributed by atoms with van der Waals surface area (Å²) in [6.07, 6.45) is 4.76. The van der Waals surface area contributed by atoms with E-state index in [1.807, 2.05) is 35.2 Å². The van der Waals surface area contributed by atoms with Crippen molar-refractivity contribution in [3.05, 3.63) is 42.1 Å². The second-order valence-corrected chi connectivity index (χ2v) is 7.71. The number of likely N-dealkylation sites (tertiary alicyclic amines) is 1. The Bertz CT molecular complexity index is 819. The topological polar surface area (TPSA) is 96.2 Å². The molecule has 3 heterocycles. The Morgan fingerprint density at radius 1 is 1.25 bits per heavy atom. The highest BCUT2D eigenvalue weighted by Gasteiger charge is 2.35. The lowest BCUT2D eigenvalue weighted by molar-refractivity contribution is 0.0663. The molecular weight excluding hydrogens is 352 g/mol. The van der Waals surface area contributed by atoms with Gasteiger partial charge >= 0.3 is 0 Å². The van der Waals surface area contributed by atoms with Crippen molar-refractivity contribution in [3.8, 4) is 11.3 Å². The number of nitrogen functional groups attached to an aromatic ring is 1. The highest BCUT2D eigenvalue weighted by Crippen LogP contribution is 2.30. The molecule has 0 aliphatic carbocycles. The number of anilines is 1. The molecule has 2 aliphatic heterocycles.